The second-order valence-electron chi connectivity index (χ2n) is 16.5. The molecule has 0 aliphatic heterocycles. The van der Waals surface area contributed by atoms with E-state index in [-0.39, 0.29) is 0 Å². The van der Waals surface area contributed by atoms with Gasteiger partial charge < -0.3 is 9.47 Å². The number of thiophene rings is 1. The van der Waals surface area contributed by atoms with Gasteiger partial charge in [0.2, 0.25) is 0 Å². The zero-order valence-corrected chi connectivity index (χ0v) is 36.4. The molecule has 0 N–H and O–H groups in total. The molecule has 12 rings (SSSR count). The summed E-state index contributed by atoms with van der Waals surface area (Å²) in [5.74, 6) is 0. The average Bonchev–Trinajstić information content (AvgIpc) is 4.01. The summed E-state index contributed by atoms with van der Waals surface area (Å²) in [6, 6.07) is 92.5. The number of nitrogens with zero attached hydrogens (tertiary/aromatic N) is 2. The molecule has 10 aromatic carbocycles. The second kappa shape index (κ2) is 16.5. The van der Waals surface area contributed by atoms with Gasteiger partial charge in [-0.25, -0.2) is 0 Å². The quantitative estimate of drug-likeness (QED) is 0.140. The van der Waals surface area contributed by atoms with Crippen molar-refractivity contribution in [1.29, 1.82) is 0 Å². The first-order valence-electron chi connectivity index (χ1n) is 22.2. The van der Waals surface area contributed by atoms with Crippen LogP contribution in [-0.2, 0) is 0 Å². The molecule has 0 amide bonds. The third-order valence-corrected chi connectivity index (χ3v) is 13.8. The third-order valence-electron chi connectivity index (χ3n) is 12.6. The molecule has 0 aliphatic rings. The first-order chi connectivity index (χ1) is 32.2. The zero-order chi connectivity index (χ0) is 43.1. The van der Waals surface area contributed by atoms with Crippen molar-refractivity contribution in [2.45, 2.75) is 0 Å². The summed E-state index contributed by atoms with van der Waals surface area (Å²) < 4.78 is 2.40. The standard InChI is InChI=1S/C62H42N2S/c1-4-14-48(15-5-1)61-39-40-62(65-61)49-29-27-46(28-30-49)51-34-38-60-57(42-51)56-41-50(33-37-59(56)64(60)53-19-8-3-9-20-53)45-25-23-43(24-26-45)44-31-35-54(36-32-44)63(52-17-6-2-7-18-52)58-22-12-16-47-13-10-11-21-55(47)58/h1-42H. The smallest absolute Gasteiger partial charge is 0.0541 e. The second-order valence-corrected chi connectivity index (χ2v) is 17.6. The molecule has 0 unspecified atom stereocenters. The Kier molecular flexibility index (Phi) is 9.74. The maximum atomic E-state index is 2.40. The number of benzene rings is 10. The minimum absolute atomic E-state index is 1.12. The van der Waals surface area contributed by atoms with Crippen LogP contribution in [0.3, 0.4) is 0 Å². The Balaban J connectivity index is 0.867. The Morgan fingerprint density at radius 1 is 0.292 bits per heavy atom. The van der Waals surface area contributed by atoms with E-state index in [9.17, 15) is 0 Å². The van der Waals surface area contributed by atoms with Crippen molar-refractivity contribution >= 4 is 61.0 Å². The number of aromatic nitrogens is 1. The summed E-state index contributed by atoms with van der Waals surface area (Å²) in [7, 11) is 0. The number of hydrogen-bond donors (Lipinski definition) is 0. The van der Waals surface area contributed by atoms with E-state index in [0.29, 0.717) is 0 Å². The van der Waals surface area contributed by atoms with Crippen molar-refractivity contribution in [3.05, 3.63) is 255 Å². The van der Waals surface area contributed by atoms with Gasteiger partial charge >= 0.3 is 0 Å². The van der Waals surface area contributed by atoms with E-state index in [0.717, 1.165) is 22.7 Å². The monoisotopic (exact) mass is 846 g/mol. The highest BCUT2D eigenvalue weighted by Crippen LogP contribution is 2.41. The fourth-order valence-electron chi connectivity index (χ4n) is 9.38. The van der Waals surface area contributed by atoms with Crippen LogP contribution in [0.1, 0.15) is 0 Å². The Morgan fingerprint density at radius 2 is 0.723 bits per heavy atom. The minimum Gasteiger partial charge on any atom is -0.310 e. The van der Waals surface area contributed by atoms with Gasteiger partial charge in [0.05, 0.1) is 16.7 Å². The normalized spacial score (nSPS) is 11.4. The summed E-state index contributed by atoms with van der Waals surface area (Å²) in [4.78, 5) is 4.92. The molecule has 0 spiro atoms. The van der Waals surface area contributed by atoms with Crippen LogP contribution >= 0.6 is 11.3 Å². The lowest BCUT2D eigenvalue weighted by Gasteiger charge is -2.27. The van der Waals surface area contributed by atoms with Crippen LogP contribution in [0.2, 0.25) is 0 Å². The molecule has 0 atom stereocenters. The van der Waals surface area contributed by atoms with E-state index in [1.165, 1.54) is 86.8 Å². The zero-order valence-electron chi connectivity index (χ0n) is 35.6. The fourth-order valence-corrected chi connectivity index (χ4v) is 10.4. The summed E-state index contributed by atoms with van der Waals surface area (Å²) >= 11 is 1.84. The highest BCUT2D eigenvalue weighted by molar-refractivity contribution is 7.18. The van der Waals surface area contributed by atoms with Gasteiger partial charge in [-0.1, -0.05) is 176 Å². The highest BCUT2D eigenvalue weighted by atomic mass is 32.1. The molecule has 2 nitrogen and oxygen atoms in total. The Labute approximate surface area is 383 Å². The van der Waals surface area contributed by atoms with Gasteiger partial charge in [0.15, 0.2) is 0 Å². The van der Waals surface area contributed by atoms with E-state index in [2.05, 4.69) is 264 Å². The van der Waals surface area contributed by atoms with E-state index < -0.39 is 0 Å². The number of fused-ring (bicyclic) bond motifs is 4. The van der Waals surface area contributed by atoms with Crippen LogP contribution in [-0.4, -0.2) is 4.57 Å². The SMILES string of the molecule is c1ccc(-c2ccc(-c3ccc(-c4ccc5c(c4)c4cc(-c6ccc(-c7ccc(N(c8ccccc8)c8cccc9ccccc89)cc7)cc6)ccc4n5-c4ccccc4)cc3)s2)cc1. The van der Waals surface area contributed by atoms with Crippen LogP contribution in [0, 0.1) is 0 Å². The molecule has 0 saturated heterocycles. The van der Waals surface area contributed by atoms with Crippen LogP contribution in [0.15, 0.2) is 255 Å². The molecule has 0 bridgehead atoms. The highest BCUT2D eigenvalue weighted by Gasteiger charge is 2.17. The summed E-state index contributed by atoms with van der Waals surface area (Å²) in [5, 5.41) is 4.92. The number of hydrogen-bond acceptors (Lipinski definition) is 2. The lowest BCUT2D eigenvalue weighted by molar-refractivity contribution is 1.18. The molecule has 0 saturated carbocycles. The van der Waals surface area contributed by atoms with Gasteiger partial charge in [0, 0.05) is 43.0 Å². The Bertz CT molecular complexity index is 3600. The van der Waals surface area contributed by atoms with Gasteiger partial charge in [0.1, 0.15) is 0 Å². The van der Waals surface area contributed by atoms with Crippen molar-refractivity contribution < 1.29 is 0 Å². The molecule has 65 heavy (non-hydrogen) atoms. The van der Waals surface area contributed by atoms with Gasteiger partial charge in [-0.15, -0.1) is 11.3 Å². The average molecular weight is 847 g/mol. The molecule has 0 radical (unpaired) electrons. The van der Waals surface area contributed by atoms with Crippen LogP contribution in [0.25, 0.3) is 92.5 Å². The van der Waals surface area contributed by atoms with Crippen molar-refractivity contribution in [1.82, 2.24) is 4.57 Å². The summed E-state index contributed by atoms with van der Waals surface area (Å²) in [6.07, 6.45) is 0. The number of anilines is 3. The third kappa shape index (κ3) is 7.19. The van der Waals surface area contributed by atoms with E-state index in [1.54, 1.807) is 0 Å². The van der Waals surface area contributed by atoms with Gasteiger partial charge in [-0.3, -0.25) is 0 Å². The molecule has 2 heterocycles. The topological polar surface area (TPSA) is 8.17 Å². The summed E-state index contributed by atoms with van der Waals surface area (Å²) in [6.45, 7) is 0. The van der Waals surface area contributed by atoms with Crippen LogP contribution < -0.4 is 4.90 Å². The molecule has 3 heteroatoms. The maximum absolute atomic E-state index is 2.40. The predicted octanol–water partition coefficient (Wildman–Crippen LogP) is 17.8. The lowest BCUT2D eigenvalue weighted by atomic mass is 9.98. The molecule has 0 fully saturated rings. The molecule has 306 valence electrons. The number of rotatable bonds is 9. The van der Waals surface area contributed by atoms with Gasteiger partial charge in [-0.2, -0.15) is 0 Å². The predicted molar refractivity (Wildman–Crippen MR) is 278 cm³/mol. The summed E-state index contributed by atoms with van der Waals surface area (Å²) in [5.41, 5.74) is 16.6. The van der Waals surface area contributed by atoms with Crippen molar-refractivity contribution in [3.8, 4) is 59.9 Å². The first-order valence-corrected chi connectivity index (χ1v) is 23.0. The van der Waals surface area contributed by atoms with Crippen molar-refractivity contribution in [2.75, 3.05) is 4.90 Å². The van der Waals surface area contributed by atoms with Crippen LogP contribution in [0.4, 0.5) is 17.1 Å². The lowest BCUT2D eigenvalue weighted by Crippen LogP contribution is -2.10. The molecule has 0 aliphatic carbocycles. The molecular weight excluding hydrogens is 805 g/mol. The largest absolute Gasteiger partial charge is 0.310 e. The number of para-hydroxylation sites is 2. The minimum atomic E-state index is 1.12. The van der Waals surface area contributed by atoms with Crippen LogP contribution in [0.5, 0.6) is 0 Å². The first kappa shape index (κ1) is 38.4. The molecular formula is C62H42N2S. The molecule has 2 aromatic heterocycles. The maximum Gasteiger partial charge on any atom is 0.0541 e. The van der Waals surface area contributed by atoms with E-state index >= 15 is 0 Å². The molecule has 12 aromatic rings. The van der Waals surface area contributed by atoms with Gasteiger partial charge in [0.25, 0.3) is 0 Å². The van der Waals surface area contributed by atoms with E-state index in [4.69, 9.17) is 0 Å². The van der Waals surface area contributed by atoms with Crippen molar-refractivity contribution in [2.24, 2.45) is 0 Å². The van der Waals surface area contributed by atoms with Crippen molar-refractivity contribution in [3.63, 3.8) is 0 Å². The van der Waals surface area contributed by atoms with E-state index in [1.807, 2.05) is 11.3 Å². The Morgan fingerprint density at radius 3 is 1.32 bits per heavy atom. The fraction of sp³-hybridized carbons (Fsp3) is 0. The Hall–Kier alpha value is -8.24. The van der Waals surface area contributed by atoms with Gasteiger partial charge in [-0.05, 0) is 129 Å².